The lowest BCUT2D eigenvalue weighted by Crippen LogP contribution is -1.97. The van der Waals surface area contributed by atoms with Crippen molar-refractivity contribution in [3.8, 4) is 5.75 Å². The van der Waals surface area contributed by atoms with Crippen LogP contribution in [0.5, 0.6) is 5.75 Å². The molecular formula is C18H20N2OS. The SMILES string of the molecule is CCCOc1cc(C)c2nc(Nc3ccccc3)sc2c1C. The van der Waals surface area contributed by atoms with Crippen molar-refractivity contribution in [3.63, 3.8) is 0 Å². The third-order valence-corrected chi connectivity index (χ3v) is 4.64. The van der Waals surface area contributed by atoms with Crippen LogP contribution in [0.15, 0.2) is 36.4 Å². The molecule has 0 aliphatic rings. The van der Waals surface area contributed by atoms with Crippen molar-refractivity contribution < 1.29 is 4.74 Å². The second-order valence-corrected chi connectivity index (χ2v) is 6.35. The maximum absolute atomic E-state index is 5.86. The molecule has 3 aromatic rings. The van der Waals surface area contributed by atoms with Gasteiger partial charge in [0.25, 0.3) is 0 Å². The summed E-state index contributed by atoms with van der Waals surface area (Å²) >= 11 is 1.68. The Bertz CT molecular complexity index is 781. The number of benzene rings is 2. The number of aryl methyl sites for hydroxylation is 2. The summed E-state index contributed by atoms with van der Waals surface area (Å²) in [6.45, 7) is 7.07. The van der Waals surface area contributed by atoms with Crippen LogP contribution >= 0.6 is 11.3 Å². The standard InChI is InChI=1S/C18H20N2OS/c1-4-10-21-15-11-12(2)16-17(13(15)3)22-18(20-16)19-14-8-6-5-7-9-14/h5-9,11H,4,10H2,1-3H3,(H,19,20). The third kappa shape index (κ3) is 2.92. The van der Waals surface area contributed by atoms with Crippen molar-refractivity contribution in [2.45, 2.75) is 27.2 Å². The van der Waals surface area contributed by atoms with Gasteiger partial charge in [0.15, 0.2) is 5.13 Å². The smallest absolute Gasteiger partial charge is 0.188 e. The van der Waals surface area contributed by atoms with E-state index in [2.05, 4.69) is 32.2 Å². The summed E-state index contributed by atoms with van der Waals surface area (Å²) in [6, 6.07) is 12.2. The number of hydrogen-bond acceptors (Lipinski definition) is 4. The molecule has 3 nitrogen and oxygen atoms in total. The normalized spacial score (nSPS) is 10.9. The lowest BCUT2D eigenvalue weighted by Gasteiger charge is -2.09. The molecule has 1 aromatic heterocycles. The first-order valence-electron chi connectivity index (χ1n) is 7.54. The molecule has 0 atom stereocenters. The van der Waals surface area contributed by atoms with Crippen molar-refractivity contribution in [3.05, 3.63) is 47.5 Å². The van der Waals surface area contributed by atoms with E-state index in [4.69, 9.17) is 9.72 Å². The number of rotatable bonds is 5. The van der Waals surface area contributed by atoms with Gasteiger partial charge >= 0.3 is 0 Å². The van der Waals surface area contributed by atoms with Crippen molar-refractivity contribution in [2.24, 2.45) is 0 Å². The Kier molecular flexibility index (Phi) is 4.29. The molecule has 3 rings (SSSR count). The lowest BCUT2D eigenvalue weighted by atomic mass is 10.1. The van der Waals surface area contributed by atoms with Gasteiger partial charge in [0, 0.05) is 11.3 Å². The van der Waals surface area contributed by atoms with Gasteiger partial charge in [-0.3, -0.25) is 0 Å². The molecule has 0 aliphatic carbocycles. The quantitative estimate of drug-likeness (QED) is 0.680. The molecule has 0 spiro atoms. The van der Waals surface area contributed by atoms with Gasteiger partial charge in [-0.1, -0.05) is 36.5 Å². The summed E-state index contributed by atoms with van der Waals surface area (Å²) in [4.78, 5) is 4.74. The van der Waals surface area contributed by atoms with Crippen LogP contribution < -0.4 is 10.1 Å². The minimum absolute atomic E-state index is 0.750. The first-order chi connectivity index (χ1) is 10.7. The fourth-order valence-electron chi connectivity index (χ4n) is 2.39. The minimum Gasteiger partial charge on any atom is -0.493 e. The van der Waals surface area contributed by atoms with Crippen LogP contribution in [0.1, 0.15) is 24.5 Å². The zero-order valence-electron chi connectivity index (χ0n) is 13.1. The van der Waals surface area contributed by atoms with Gasteiger partial charge in [-0.2, -0.15) is 0 Å². The number of thiazole rings is 1. The largest absolute Gasteiger partial charge is 0.493 e. The molecule has 0 radical (unpaired) electrons. The summed E-state index contributed by atoms with van der Waals surface area (Å²) in [7, 11) is 0. The van der Waals surface area contributed by atoms with Gasteiger partial charge in [0.1, 0.15) is 5.75 Å². The topological polar surface area (TPSA) is 34.1 Å². The molecule has 0 unspecified atom stereocenters. The van der Waals surface area contributed by atoms with Crippen molar-refractivity contribution in [1.29, 1.82) is 0 Å². The van der Waals surface area contributed by atoms with E-state index in [0.29, 0.717) is 0 Å². The first-order valence-corrected chi connectivity index (χ1v) is 8.36. The van der Waals surface area contributed by atoms with Gasteiger partial charge in [0.05, 0.1) is 16.8 Å². The number of ether oxygens (including phenoxy) is 1. The summed E-state index contributed by atoms with van der Waals surface area (Å²) in [5.74, 6) is 0.974. The molecule has 0 saturated carbocycles. The maximum atomic E-state index is 5.86. The van der Waals surface area contributed by atoms with Crippen molar-refractivity contribution >= 4 is 32.4 Å². The summed E-state index contributed by atoms with van der Waals surface area (Å²) in [5.41, 5.74) is 4.45. The highest BCUT2D eigenvalue weighted by molar-refractivity contribution is 7.22. The average molecular weight is 312 g/mol. The van der Waals surface area contributed by atoms with Crippen LogP contribution in [0.2, 0.25) is 0 Å². The van der Waals surface area contributed by atoms with Gasteiger partial charge in [-0.25, -0.2) is 4.98 Å². The molecule has 0 saturated heterocycles. The van der Waals surface area contributed by atoms with E-state index in [9.17, 15) is 0 Å². The molecule has 1 heterocycles. The molecule has 0 amide bonds. The maximum Gasteiger partial charge on any atom is 0.188 e. The predicted molar refractivity (Wildman–Crippen MR) is 94.6 cm³/mol. The monoisotopic (exact) mass is 312 g/mol. The average Bonchev–Trinajstić information content (AvgIpc) is 2.95. The molecule has 2 aromatic carbocycles. The number of anilines is 2. The Labute approximate surface area is 135 Å². The second kappa shape index (κ2) is 6.36. The first kappa shape index (κ1) is 14.9. The molecule has 4 heteroatoms. The number of fused-ring (bicyclic) bond motifs is 1. The fraction of sp³-hybridized carbons (Fsp3) is 0.278. The van der Waals surface area contributed by atoms with Crippen LogP contribution in [-0.4, -0.2) is 11.6 Å². The Morgan fingerprint density at radius 1 is 1.18 bits per heavy atom. The summed E-state index contributed by atoms with van der Waals surface area (Å²) < 4.78 is 7.06. The lowest BCUT2D eigenvalue weighted by molar-refractivity contribution is 0.316. The van der Waals surface area contributed by atoms with Gasteiger partial charge in [0.2, 0.25) is 0 Å². The van der Waals surface area contributed by atoms with Crippen LogP contribution in [0, 0.1) is 13.8 Å². The Morgan fingerprint density at radius 3 is 2.68 bits per heavy atom. The van der Waals surface area contributed by atoms with E-state index in [1.807, 2.05) is 30.3 Å². The highest BCUT2D eigenvalue weighted by atomic mass is 32.1. The zero-order chi connectivity index (χ0) is 15.5. The van der Waals surface area contributed by atoms with Crippen LogP contribution in [-0.2, 0) is 0 Å². The van der Waals surface area contributed by atoms with E-state index in [1.54, 1.807) is 11.3 Å². The predicted octanol–water partition coefficient (Wildman–Crippen LogP) is 5.45. The Morgan fingerprint density at radius 2 is 1.95 bits per heavy atom. The molecule has 0 aliphatic heterocycles. The van der Waals surface area contributed by atoms with Crippen molar-refractivity contribution in [2.75, 3.05) is 11.9 Å². The third-order valence-electron chi connectivity index (χ3n) is 3.55. The number of para-hydroxylation sites is 1. The van der Waals surface area contributed by atoms with Gasteiger partial charge in [-0.15, -0.1) is 0 Å². The van der Waals surface area contributed by atoms with E-state index >= 15 is 0 Å². The van der Waals surface area contributed by atoms with E-state index in [-0.39, 0.29) is 0 Å². The number of hydrogen-bond donors (Lipinski definition) is 1. The fourth-order valence-corrected chi connectivity index (χ4v) is 3.44. The van der Waals surface area contributed by atoms with Gasteiger partial charge < -0.3 is 10.1 Å². The van der Waals surface area contributed by atoms with E-state index in [0.717, 1.165) is 40.7 Å². The summed E-state index contributed by atoms with van der Waals surface area (Å²) in [6.07, 6.45) is 1.01. The molecule has 0 bridgehead atoms. The van der Waals surface area contributed by atoms with Crippen molar-refractivity contribution in [1.82, 2.24) is 4.98 Å². The summed E-state index contributed by atoms with van der Waals surface area (Å²) in [5, 5.41) is 4.29. The number of nitrogens with zero attached hydrogens (tertiary/aromatic N) is 1. The number of aromatic nitrogens is 1. The molecule has 1 N–H and O–H groups in total. The molecule has 114 valence electrons. The Hall–Kier alpha value is -2.07. The van der Waals surface area contributed by atoms with Crippen LogP contribution in [0.25, 0.3) is 10.2 Å². The van der Waals surface area contributed by atoms with E-state index in [1.165, 1.54) is 10.3 Å². The number of nitrogens with one attached hydrogen (secondary N) is 1. The van der Waals surface area contributed by atoms with Crippen LogP contribution in [0.3, 0.4) is 0 Å². The molecule has 0 fully saturated rings. The highest BCUT2D eigenvalue weighted by Crippen LogP contribution is 2.37. The van der Waals surface area contributed by atoms with Crippen LogP contribution in [0.4, 0.5) is 10.8 Å². The molecule has 22 heavy (non-hydrogen) atoms. The second-order valence-electron chi connectivity index (χ2n) is 5.35. The minimum atomic E-state index is 0.750. The Balaban J connectivity index is 1.98. The highest BCUT2D eigenvalue weighted by Gasteiger charge is 2.13. The van der Waals surface area contributed by atoms with E-state index < -0.39 is 0 Å². The molecular weight excluding hydrogens is 292 g/mol. The zero-order valence-corrected chi connectivity index (χ0v) is 14.0. The van der Waals surface area contributed by atoms with Gasteiger partial charge in [-0.05, 0) is 44.0 Å².